The molecule has 2 aromatic rings. The van der Waals surface area contributed by atoms with Gasteiger partial charge in [-0.2, -0.15) is 0 Å². The first-order valence-corrected chi connectivity index (χ1v) is 6.20. The molecule has 2 rings (SSSR count). The predicted molar refractivity (Wildman–Crippen MR) is 70.2 cm³/mol. The quantitative estimate of drug-likeness (QED) is 0.839. The minimum Gasteiger partial charge on any atom is -0.466 e. The highest BCUT2D eigenvalue weighted by Gasteiger charge is 2.16. The van der Waals surface area contributed by atoms with Gasteiger partial charge in [0.25, 0.3) is 5.91 Å². The van der Waals surface area contributed by atoms with Gasteiger partial charge in [0.2, 0.25) is 0 Å². The largest absolute Gasteiger partial charge is 0.466 e. The van der Waals surface area contributed by atoms with E-state index in [0.29, 0.717) is 17.1 Å². The first-order valence-electron chi connectivity index (χ1n) is 5.41. The van der Waals surface area contributed by atoms with Crippen LogP contribution in [-0.4, -0.2) is 5.91 Å². The molecule has 1 heterocycles. The molecular weight excluding hydrogens is 320 g/mol. The second kappa shape index (κ2) is 5.13. The molecule has 1 aromatic carbocycles. The van der Waals surface area contributed by atoms with Crippen molar-refractivity contribution in [3.8, 4) is 0 Å². The summed E-state index contributed by atoms with van der Waals surface area (Å²) < 4.78 is 32.1. The summed E-state index contributed by atoms with van der Waals surface area (Å²) in [7, 11) is 0. The number of furan rings is 1. The third-order valence-corrected chi connectivity index (χ3v) is 3.15. The van der Waals surface area contributed by atoms with Crippen molar-refractivity contribution in [1.29, 1.82) is 0 Å². The lowest BCUT2D eigenvalue weighted by Gasteiger charge is -2.06. The van der Waals surface area contributed by atoms with Gasteiger partial charge < -0.3 is 9.73 Å². The zero-order valence-electron chi connectivity index (χ0n) is 10.2. The van der Waals surface area contributed by atoms with Crippen molar-refractivity contribution in [2.24, 2.45) is 0 Å². The van der Waals surface area contributed by atoms with Crippen LogP contribution in [0, 0.1) is 25.5 Å². The van der Waals surface area contributed by atoms with E-state index in [2.05, 4.69) is 21.2 Å². The van der Waals surface area contributed by atoms with Crippen LogP contribution in [0.1, 0.15) is 21.9 Å². The van der Waals surface area contributed by atoms with Gasteiger partial charge in [-0.05, 0) is 41.9 Å². The van der Waals surface area contributed by atoms with Crippen LogP contribution in [0.15, 0.2) is 27.1 Å². The summed E-state index contributed by atoms with van der Waals surface area (Å²) in [6, 6.07) is 3.41. The zero-order valence-corrected chi connectivity index (χ0v) is 11.8. The number of anilines is 1. The number of amides is 1. The van der Waals surface area contributed by atoms with Crippen LogP contribution in [0.5, 0.6) is 0 Å². The summed E-state index contributed by atoms with van der Waals surface area (Å²) in [6.45, 7) is 3.32. The molecule has 1 N–H and O–H groups in total. The second-order valence-corrected chi connectivity index (χ2v) is 4.88. The normalized spacial score (nSPS) is 10.6. The molecule has 0 bridgehead atoms. The average molecular weight is 330 g/mol. The maximum Gasteiger partial charge on any atom is 0.259 e. The Morgan fingerprint density at radius 3 is 2.47 bits per heavy atom. The molecule has 0 saturated heterocycles. The number of carbonyl (C=O) groups is 1. The standard InChI is InChI=1S/C13H10BrF2NO2/c1-6-3-8(7(2)19-6)13(18)17-12-5-10(15)9(14)4-11(12)16/h3-5H,1-2H3,(H,17,18). The Balaban J connectivity index is 2.29. The van der Waals surface area contributed by atoms with Crippen molar-refractivity contribution < 1.29 is 18.0 Å². The molecule has 0 aliphatic rings. The Labute approximate surface area is 116 Å². The molecule has 19 heavy (non-hydrogen) atoms. The zero-order chi connectivity index (χ0) is 14.2. The minimum atomic E-state index is -0.723. The van der Waals surface area contributed by atoms with Gasteiger partial charge >= 0.3 is 0 Å². The highest BCUT2D eigenvalue weighted by molar-refractivity contribution is 9.10. The second-order valence-electron chi connectivity index (χ2n) is 4.03. The van der Waals surface area contributed by atoms with Crippen LogP contribution < -0.4 is 5.32 Å². The van der Waals surface area contributed by atoms with Crippen LogP contribution in [0.4, 0.5) is 14.5 Å². The lowest BCUT2D eigenvalue weighted by molar-refractivity contribution is 0.102. The first-order chi connectivity index (χ1) is 8.88. The third kappa shape index (κ3) is 2.84. The molecule has 0 aliphatic heterocycles. The topological polar surface area (TPSA) is 42.2 Å². The maximum absolute atomic E-state index is 13.6. The number of hydrogen-bond donors (Lipinski definition) is 1. The molecule has 0 radical (unpaired) electrons. The van der Waals surface area contributed by atoms with Crippen LogP contribution in [0.25, 0.3) is 0 Å². The fraction of sp³-hybridized carbons (Fsp3) is 0.154. The van der Waals surface area contributed by atoms with E-state index < -0.39 is 17.5 Å². The molecule has 0 unspecified atom stereocenters. The van der Waals surface area contributed by atoms with E-state index in [9.17, 15) is 13.6 Å². The molecule has 0 aliphatic carbocycles. The fourth-order valence-corrected chi connectivity index (χ4v) is 1.98. The third-order valence-electron chi connectivity index (χ3n) is 2.54. The molecule has 0 saturated carbocycles. The lowest BCUT2D eigenvalue weighted by atomic mass is 10.2. The predicted octanol–water partition coefficient (Wildman–Crippen LogP) is 4.19. The Kier molecular flexibility index (Phi) is 3.71. The molecule has 100 valence electrons. The van der Waals surface area contributed by atoms with Gasteiger partial charge in [-0.15, -0.1) is 0 Å². The van der Waals surface area contributed by atoms with Crippen LogP contribution >= 0.6 is 15.9 Å². The number of aryl methyl sites for hydroxylation is 2. The molecule has 0 fully saturated rings. The van der Waals surface area contributed by atoms with Gasteiger partial charge in [0.1, 0.15) is 23.2 Å². The van der Waals surface area contributed by atoms with E-state index in [1.54, 1.807) is 13.8 Å². The van der Waals surface area contributed by atoms with Gasteiger partial charge in [0, 0.05) is 6.07 Å². The van der Waals surface area contributed by atoms with E-state index in [-0.39, 0.29) is 10.2 Å². The summed E-state index contributed by atoms with van der Waals surface area (Å²) in [6.07, 6.45) is 0. The monoisotopic (exact) mass is 329 g/mol. The van der Waals surface area contributed by atoms with Gasteiger partial charge in [0.15, 0.2) is 0 Å². The Hall–Kier alpha value is -1.69. The van der Waals surface area contributed by atoms with E-state index in [1.165, 1.54) is 6.07 Å². The van der Waals surface area contributed by atoms with E-state index >= 15 is 0 Å². The molecule has 6 heteroatoms. The summed E-state index contributed by atoms with van der Waals surface area (Å²) in [5.74, 6) is -0.927. The highest BCUT2D eigenvalue weighted by atomic mass is 79.9. The van der Waals surface area contributed by atoms with Crippen molar-refractivity contribution >= 4 is 27.5 Å². The van der Waals surface area contributed by atoms with E-state index in [4.69, 9.17) is 4.42 Å². The van der Waals surface area contributed by atoms with Gasteiger partial charge in [-0.25, -0.2) is 8.78 Å². The molecule has 0 spiro atoms. The number of carbonyl (C=O) groups excluding carboxylic acids is 1. The maximum atomic E-state index is 13.6. The van der Waals surface area contributed by atoms with Crippen LogP contribution in [0.2, 0.25) is 0 Å². The highest BCUT2D eigenvalue weighted by Crippen LogP contribution is 2.24. The van der Waals surface area contributed by atoms with Crippen molar-refractivity contribution in [3.05, 3.63) is 51.4 Å². The van der Waals surface area contributed by atoms with E-state index in [1.807, 2.05) is 0 Å². The number of halogens is 3. The van der Waals surface area contributed by atoms with Crippen molar-refractivity contribution in [2.45, 2.75) is 13.8 Å². The molecule has 1 amide bonds. The first kappa shape index (κ1) is 13.7. The lowest BCUT2D eigenvalue weighted by Crippen LogP contribution is -2.13. The van der Waals surface area contributed by atoms with E-state index in [0.717, 1.165) is 12.1 Å². The summed E-state index contributed by atoms with van der Waals surface area (Å²) in [4.78, 5) is 11.9. The van der Waals surface area contributed by atoms with Crippen LogP contribution in [-0.2, 0) is 0 Å². The summed E-state index contributed by atoms with van der Waals surface area (Å²) in [5, 5.41) is 2.31. The Morgan fingerprint density at radius 2 is 1.89 bits per heavy atom. The Bertz CT molecular complexity index is 652. The number of nitrogens with one attached hydrogen (secondary N) is 1. The Morgan fingerprint density at radius 1 is 1.21 bits per heavy atom. The molecule has 1 aromatic heterocycles. The smallest absolute Gasteiger partial charge is 0.259 e. The van der Waals surface area contributed by atoms with Crippen molar-refractivity contribution in [3.63, 3.8) is 0 Å². The SMILES string of the molecule is Cc1cc(C(=O)Nc2cc(F)c(Br)cc2F)c(C)o1. The summed E-state index contributed by atoms with van der Waals surface area (Å²) >= 11 is 2.86. The molecule has 0 atom stereocenters. The fourth-order valence-electron chi connectivity index (χ4n) is 1.66. The molecular formula is C13H10BrF2NO2. The minimum absolute atomic E-state index is 0.00154. The number of rotatable bonds is 2. The average Bonchev–Trinajstić information content (AvgIpc) is 2.65. The van der Waals surface area contributed by atoms with Crippen molar-refractivity contribution in [2.75, 3.05) is 5.32 Å². The van der Waals surface area contributed by atoms with Gasteiger partial charge in [-0.3, -0.25) is 4.79 Å². The van der Waals surface area contributed by atoms with Crippen molar-refractivity contribution in [1.82, 2.24) is 0 Å². The number of benzene rings is 1. The van der Waals surface area contributed by atoms with Gasteiger partial charge in [0.05, 0.1) is 15.7 Å². The van der Waals surface area contributed by atoms with Crippen LogP contribution in [0.3, 0.4) is 0 Å². The summed E-state index contributed by atoms with van der Waals surface area (Å²) in [5.41, 5.74) is 0.0733. The number of hydrogen-bond acceptors (Lipinski definition) is 2. The van der Waals surface area contributed by atoms with Gasteiger partial charge in [-0.1, -0.05) is 0 Å². The molecule has 3 nitrogen and oxygen atoms in total.